The molecule has 8 nitrogen and oxygen atoms in total. The molecule has 1 fully saturated rings. The molecule has 10 heteroatoms. The van der Waals surface area contributed by atoms with Crippen LogP contribution < -0.4 is 4.72 Å². The molecular formula is C40H36N2O6S2. The molecule has 1 aliphatic rings. The van der Waals surface area contributed by atoms with Gasteiger partial charge in [0.25, 0.3) is 0 Å². The zero-order valence-electron chi connectivity index (χ0n) is 27.0. The minimum absolute atomic E-state index is 0.0487. The molecular weight excluding hydrogens is 669 g/mol. The largest absolute Gasteiger partial charge is 0.508 e. The van der Waals surface area contributed by atoms with Gasteiger partial charge in [-0.15, -0.1) is 11.8 Å². The first kappa shape index (κ1) is 33.9. The number of phenolic OH excluding ortho intramolecular Hbond substituents is 1. The molecule has 254 valence electrons. The summed E-state index contributed by atoms with van der Waals surface area (Å²) in [6, 6.07) is 41.5. The van der Waals surface area contributed by atoms with Crippen LogP contribution in [-0.4, -0.2) is 35.5 Å². The molecule has 0 aliphatic carbocycles. The van der Waals surface area contributed by atoms with Crippen molar-refractivity contribution in [3.8, 4) is 5.75 Å². The van der Waals surface area contributed by atoms with Crippen LogP contribution in [0.2, 0.25) is 0 Å². The first-order chi connectivity index (χ1) is 24.4. The van der Waals surface area contributed by atoms with Crippen LogP contribution in [0.4, 0.5) is 0 Å². The normalized spacial score (nSPS) is 19.4. The van der Waals surface area contributed by atoms with E-state index in [4.69, 9.17) is 9.47 Å². The van der Waals surface area contributed by atoms with Crippen LogP contribution in [-0.2, 0) is 32.6 Å². The third-order valence-electron chi connectivity index (χ3n) is 8.83. The molecule has 7 rings (SSSR count). The van der Waals surface area contributed by atoms with Crippen LogP contribution in [0, 0.1) is 0 Å². The molecule has 1 saturated heterocycles. The summed E-state index contributed by atoms with van der Waals surface area (Å²) in [7, 11) is -3.82. The summed E-state index contributed by atoms with van der Waals surface area (Å²) in [4.78, 5) is 5.45. The molecule has 0 amide bonds. The molecule has 3 N–H and O–H groups in total. The zero-order chi connectivity index (χ0) is 34.5. The number of fused-ring (bicyclic) bond motifs is 1. The SMILES string of the molecule is O=S(=O)(NCc1ccc(C2O[C@H](CSc3ccc(O)cc3)[C@@H](c3ccccc3)[C@H](c3ccc(CO)cc3)O2)cc1)c1cccc2cccnc12. The van der Waals surface area contributed by atoms with Gasteiger partial charge < -0.3 is 19.7 Å². The standard InChI is InChI=1S/C40H36N2O6S2/c43-25-28-13-15-31(16-14-28)39-37(29-6-2-1-3-7-29)35(26-49-34-21-19-33(44)20-22-34)47-40(48-39)32-17-11-27(12-18-32)24-42-50(45,46)36-10-4-8-30-9-5-23-41-38(30)36/h1-23,35,37,39-40,42-44H,24-26H2/t35-,37-,39+,40?/m1/s1. The van der Waals surface area contributed by atoms with E-state index in [0.717, 1.165) is 38.1 Å². The highest BCUT2D eigenvalue weighted by Crippen LogP contribution is 2.48. The molecule has 6 aromatic rings. The van der Waals surface area contributed by atoms with E-state index in [2.05, 4.69) is 21.8 Å². The Kier molecular flexibility index (Phi) is 10.3. The smallest absolute Gasteiger partial charge is 0.243 e. The number of thioether (sulfide) groups is 1. The maximum absolute atomic E-state index is 13.3. The number of aliphatic hydroxyl groups is 1. The lowest BCUT2D eigenvalue weighted by Crippen LogP contribution is -2.38. The fourth-order valence-electron chi connectivity index (χ4n) is 6.21. The average molecular weight is 705 g/mol. The average Bonchev–Trinajstić information content (AvgIpc) is 3.17. The molecule has 1 aliphatic heterocycles. The number of aromatic hydroxyl groups is 1. The van der Waals surface area contributed by atoms with E-state index in [1.54, 1.807) is 48.3 Å². The summed E-state index contributed by atoms with van der Waals surface area (Å²) in [5.41, 5.74) is 4.88. The van der Waals surface area contributed by atoms with E-state index in [0.29, 0.717) is 11.3 Å². The highest BCUT2D eigenvalue weighted by atomic mass is 32.2. The number of benzene rings is 5. The predicted molar refractivity (Wildman–Crippen MR) is 194 cm³/mol. The molecule has 2 heterocycles. The van der Waals surface area contributed by atoms with Gasteiger partial charge in [0.1, 0.15) is 10.6 Å². The van der Waals surface area contributed by atoms with E-state index in [1.165, 1.54) is 0 Å². The fraction of sp³-hybridized carbons (Fsp3) is 0.175. The number of ether oxygens (including phenoxy) is 2. The lowest BCUT2D eigenvalue weighted by Gasteiger charge is -2.43. The number of pyridine rings is 1. The Balaban J connectivity index is 1.15. The van der Waals surface area contributed by atoms with Gasteiger partial charge in [-0.2, -0.15) is 0 Å². The third-order valence-corrected chi connectivity index (χ3v) is 11.4. The van der Waals surface area contributed by atoms with Crippen molar-refractivity contribution < 1.29 is 28.1 Å². The topological polar surface area (TPSA) is 118 Å². The first-order valence-electron chi connectivity index (χ1n) is 16.3. The summed E-state index contributed by atoms with van der Waals surface area (Å²) in [5, 5.41) is 20.2. The van der Waals surface area contributed by atoms with E-state index in [1.807, 2.05) is 91.0 Å². The third kappa shape index (κ3) is 7.61. The molecule has 1 aromatic heterocycles. The molecule has 0 spiro atoms. The van der Waals surface area contributed by atoms with Crippen molar-refractivity contribution in [2.45, 2.75) is 47.4 Å². The highest BCUT2D eigenvalue weighted by Gasteiger charge is 2.42. The second-order valence-electron chi connectivity index (χ2n) is 12.1. The number of rotatable bonds is 11. The summed E-state index contributed by atoms with van der Waals surface area (Å²) in [5.74, 6) is 0.694. The maximum Gasteiger partial charge on any atom is 0.243 e. The van der Waals surface area contributed by atoms with Crippen molar-refractivity contribution in [3.63, 3.8) is 0 Å². The van der Waals surface area contributed by atoms with Gasteiger partial charge in [-0.25, -0.2) is 13.1 Å². The number of nitrogens with zero attached hydrogens (tertiary/aromatic N) is 1. The Morgan fingerprint density at radius 2 is 1.42 bits per heavy atom. The summed E-state index contributed by atoms with van der Waals surface area (Å²) < 4.78 is 42.9. The zero-order valence-corrected chi connectivity index (χ0v) is 28.6. The van der Waals surface area contributed by atoms with Gasteiger partial charge in [0.15, 0.2) is 6.29 Å². The Morgan fingerprint density at radius 3 is 2.16 bits per heavy atom. The van der Waals surface area contributed by atoms with Crippen molar-refractivity contribution in [2.24, 2.45) is 0 Å². The predicted octanol–water partition coefficient (Wildman–Crippen LogP) is 7.64. The van der Waals surface area contributed by atoms with Gasteiger partial charge in [0, 0.05) is 40.3 Å². The van der Waals surface area contributed by atoms with Crippen LogP contribution in [0.15, 0.2) is 149 Å². The molecule has 0 radical (unpaired) electrons. The van der Waals surface area contributed by atoms with Crippen molar-refractivity contribution in [2.75, 3.05) is 5.75 Å². The van der Waals surface area contributed by atoms with Crippen LogP contribution in [0.1, 0.15) is 46.1 Å². The summed E-state index contributed by atoms with van der Waals surface area (Å²) in [6.07, 6.45) is 0.256. The number of hydrogen-bond donors (Lipinski definition) is 3. The lowest BCUT2D eigenvalue weighted by atomic mass is 9.84. The van der Waals surface area contributed by atoms with Crippen LogP contribution in [0.25, 0.3) is 10.9 Å². The second-order valence-corrected chi connectivity index (χ2v) is 14.9. The first-order valence-corrected chi connectivity index (χ1v) is 18.7. The second kappa shape index (κ2) is 15.1. The molecule has 50 heavy (non-hydrogen) atoms. The molecule has 0 saturated carbocycles. The monoisotopic (exact) mass is 704 g/mol. The molecule has 1 unspecified atom stereocenters. The van der Waals surface area contributed by atoms with Crippen molar-refractivity contribution in [1.82, 2.24) is 9.71 Å². The molecule has 0 bridgehead atoms. The van der Waals surface area contributed by atoms with Gasteiger partial charge in [-0.1, -0.05) is 97.1 Å². The Bertz CT molecular complexity index is 2140. The van der Waals surface area contributed by atoms with E-state index < -0.39 is 16.3 Å². The van der Waals surface area contributed by atoms with Gasteiger partial charge in [0.05, 0.1) is 24.3 Å². The molecule has 4 atom stereocenters. The summed E-state index contributed by atoms with van der Waals surface area (Å²) >= 11 is 1.65. The lowest BCUT2D eigenvalue weighted by molar-refractivity contribution is -0.255. The van der Waals surface area contributed by atoms with Crippen LogP contribution in [0.5, 0.6) is 5.75 Å². The van der Waals surface area contributed by atoms with E-state index in [9.17, 15) is 18.6 Å². The van der Waals surface area contributed by atoms with E-state index in [-0.39, 0.29) is 41.9 Å². The number of phenols is 1. The minimum atomic E-state index is -3.82. The molecule has 5 aromatic carbocycles. The quantitative estimate of drug-likeness (QED) is 0.118. The number of sulfonamides is 1. The minimum Gasteiger partial charge on any atom is -0.508 e. The summed E-state index contributed by atoms with van der Waals surface area (Å²) in [6.45, 7) is 0.0485. The number of para-hydroxylation sites is 1. The number of aromatic nitrogens is 1. The number of nitrogens with one attached hydrogen (secondary N) is 1. The Morgan fingerprint density at radius 1 is 0.720 bits per heavy atom. The van der Waals surface area contributed by atoms with Crippen LogP contribution >= 0.6 is 11.8 Å². The van der Waals surface area contributed by atoms with Gasteiger partial charge in [-0.05, 0) is 58.7 Å². The Hall–Kier alpha value is -4.55. The number of aliphatic hydroxyl groups excluding tert-OH is 1. The van der Waals surface area contributed by atoms with Gasteiger partial charge in [-0.3, -0.25) is 4.98 Å². The number of hydrogen-bond acceptors (Lipinski definition) is 8. The van der Waals surface area contributed by atoms with Crippen molar-refractivity contribution in [1.29, 1.82) is 0 Å². The highest BCUT2D eigenvalue weighted by molar-refractivity contribution is 7.99. The van der Waals surface area contributed by atoms with Crippen molar-refractivity contribution >= 4 is 32.7 Å². The maximum atomic E-state index is 13.3. The van der Waals surface area contributed by atoms with Crippen molar-refractivity contribution in [3.05, 3.63) is 167 Å². The van der Waals surface area contributed by atoms with E-state index >= 15 is 0 Å². The fourth-order valence-corrected chi connectivity index (χ4v) is 8.38. The Labute approximate surface area is 295 Å². The van der Waals surface area contributed by atoms with Gasteiger partial charge >= 0.3 is 0 Å². The van der Waals surface area contributed by atoms with Crippen LogP contribution in [0.3, 0.4) is 0 Å². The van der Waals surface area contributed by atoms with Gasteiger partial charge in [0.2, 0.25) is 10.0 Å².